The van der Waals surface area contributed by atoms with Gasteiger partial charge in [-0.2, -0.15) is 0 Å². The lowest BCUT2D eigenvalue weighted by Crippen LogP contribution is -2.23. The molecule has 1 atom stereocenters. The van der Waals surface area contributed by atoms with Crippen molar-refractivity contribution in [1.29, 1.82) is 0 Å². The lowest BCUT2D eigenvalue weighted by Gasteiger charge is -2.11. The van der Waals surface area contributed by atoms with Crippen LogP contribution in [0.4, 0.5) is 0 Å². The summed E-state index contributed by atoms with van der Waals surface area (Å²) in [5, 5.41) is 16.1. The zero-order valence-corrected chi connectivity index (χ0v) is 11.8. The molecule has 1 heterocycles. The highest BCUT2D eigenvalue weighted by Crippen LogP contribution is 2.24. The Morgan fingerprint density at radius 2 is 2.09 bits per heavy atom. The van der Waals surface area contributed by atoms with E-state index in [4.69, 9.17) is 14.7 Å². The van der Waals surface area contributed by atoms with E-state index in [1.54, 1.807) is 25.3 Å². The normalized spacial score (nSPS) is 16.4. The van der Waals surface area contributed by atoms with Crippen molar-refractivity contribution < 1.29 is 19.5 Å². The molecule has 2 aromatic rings. The van der Waals surface area contributed by atoms with Crippen LogP contribution < -0.4 is 10.1 Å². The second-order valence-electron chi connectivity index (χ2n) is 4.73. The number of carboxylic acids is 1. The summed E-state index contributed by atoms with van der Waals surface area (Å²) in [5.74, 6) is 0.242. The molecule has 2 N–H and O–H groups in total. The highest BCUT2D eigenvalue weighted by atomic mass is 16.7. The molecule has 1 aliphatic heterocycles. The predicted molar refractivity (Wildman–Crippen MR) is 79.9 cm³/mol. The van der Waals surface area contributed by atoms with Crippen LogP contribution in [0.2, 0.25) is 0 Å². The van der Waals surface area contributed by atoms with E-state index >= 15 is 0 Å². The Bertz CT molecular complexity index is 742. The van der Waals surface area contributed by atoms with Gasteiger partial charge in [-0.05, 0) is 24.3 Å². The van der Waals surface area contributed by atoms with Crippen LogP contribution in [0.15, 0.2) is 53.7 Å². The number of hydrogen-bond donors (Lipinski definition) is 2. The summed E-state index contributed by atoms with van der Waals surface area (Å²) in [6.07, 6.45) is -0.432. The summed E-state index contributed by atoms with van der Waals surface area (Å²) in [6, 6.07) is 14.0. The lowest BCUT2D eigenvalue weighted by atomic mass is 10.1. The number of amidine groups is 1. The van der Waals surface area contributed by atoms with Gasteiger partial charge in [0, 0.05) is 11.1 Å². The van der Waals surface area contributed by atoms with E-state index in [9.17, 15) is 4.79 Å². The van der Waals surface area contributed by atoms with E-state index in [1.165, 1.54) is 6.07 Å². The number of rotatable bonds is 4. The molecule has 1 aliphatic rings. The number of aromatic carboxylic acids is 1. The summed E-state index contributed by atoms with van der Waals surface area (Å²) in [5.41, 5.74) is 1.73. The van der Waals surface area contributed by atoms with Gasteiger partial charge in [0.05, 0.1) is 12.7 Å². The third kappa shape index (κ3) is 2.71. The summed E-state index contributed by atoms with van der Waals surface area (Å²) >= 11 is 0. The summed E-state index contributed by atoms with van der Waals surface area (Å²) < 4.78 is 5.18. The van der Waals surface area contributed by atoms with Crippen LogP contribution in [0, 0.1) is 0 Å². The standard InChI is InChI=1S/C16H14N2O4/c1-21-13-7-3-5-11(9-13)15-17-14(18-22-15)10-4-2-6-12(8-10)16(19)20/h2-9,15H,1H3,(H,17,18)(H,19,20). The largest absolute Gasteiger partial charge is 0.497 e. The minimum atomic E-state index is -0.981. The van der Waals surface area contributed by atoms with Crippen molar-refractivity contribution in [3.05, 3.63) is 65.2 Å². The Kier molecular flexibility index (Phi) is 3.65. The van der Waals surface area contributed by atoms with Crippen molar-refractivity contribution in [2.24, 2.45) is 5.16 Å². The van der Waals surface area contributed by atoms with E-state index in [0.717, 1.165) is 11.3 Å². The molecule has 0 radical (unpaired) electrons. The molecule has 22 heavy (non-hydrogen) atoms. The molecule has 0 bridgehead atoms. The van der Waals surface area contributed by atoms with E-state index in [-0.39, 0.29) is 5.56 Å². The average Bonchev–Trinajstić information content (AvgIpc) is 3.05. The van der Waals surface area contributed by atoms with Gasteiger partial charge < -0.3 is 20.0 Å². The fourth-order valence-electron chi connectivity index (χ4n) is 2.17. The van der Waals surface area contributed by atoms with Crippen molar-refractivity contribution in [2.45, 2.75) is 6.23 Å². The number of nitrogens with zero attached hydrogens (tertiary/aromatic N) is 1. The van der Waals surface area contributed by atoms with Crippen LogP contribution in [0.25, 0.3) is 0 Å². The molecule has 6 nitrogen and oxygen atoms in total. The quantitative estimate of drug-likeness (QED) is 0.906. The first-order valence-electron chi connectivity index (χ1n) is 6.65. The molecule has 0 aliphatic carbocycles. The summed E-state index contributed by atoms with van der Waals surface area (Å²) in [4.78, 5) is 16.4. The number of carboxylic acid groups (broad SMARTS) is 1. The molecule has 0 saturated heterocycles. The Morgan fingerprint density at radius 3 is 2.86 bits per heavy atom. The molecule has 0 spiro atoms. The minimum Gasteiger partial charge on any atom is -0.497 e. The first-order valence-corrected chi connectivity index (χ1v) is 6.65. The number of carbonyl (C=O) groups is 1. The lowest BCUT2D eigenvalue weighted by molar-refractivity contribution is 0.0696. The van der Waals surface area contributed by atoms with Crippen LogP contribution in [0.3, 0.4) is 0 Å². The molecule has 3 rings (SSSR count). The topological polar surface area (TPSA) is 80.2 Å². The molecule has 112 valence electrons. The van der Waals surface area contributed by atoms with Crippen molar-refractivity contribution >= 4 is 11.8 Å². The van der Waals surface area contributed by atoms with Gasteiger partial charge in [0.2, 0.25) is 6.23 Å². The van der Waals surface area contributed by atoms with Gasteiger partial charge in [0.15, 0.2) is 5.84 Å². The van der Waals surface area contributed by atoms with Gasteiger partial charge in [-0.25, -0.2) is 4.79 Å². The summed E-state index contributed by atoms with van der Waals surface area (Å²) in [6.45, 7) is 0. The van der Waals surface area contributed by atoms with Gasteiger partial charge in [0.25, 0.3) is 0 Å². The highest BCUT2D eigenvalue weighted by Gasteiger charge is 2.23. The van der Waals surface area contributed by atoms with E-state index < -0.39 is 12.2 Å². The number of nitrogens with one attached hydrogen (secondary N) is 1. The van der Waals surface area contributed by atoms with Crippen LogP contribution >= 0.6 is 0 Å². The van der Waals surface area contributed by atoms with Gasteiger partial charge in [-0.1, -0.05) is 29.4 Å². The average molecular weight is 298 g/mol. The second-order valence-corrected chi connectivity index (χ2v) is 4.73. The van der Waals surface area contributed by atoms with E-state index in [2.05, 4.69) is 10.5 Å². The number of ether oxygens (including phenoxy) is 1. The monoisotopic (exact) mass is 298 g/mol. The molecular weight excluding hydrogens is 284 g/mol. The number of methoxy groups -OCH3 is 1. The maximum Gasteiger partial charge on any atom is 0.335 e. The SMILES string of the molecule is COc1cccc(C2NC(c3cccc(C(=O)O)c3)=NO2)c1. The molecule has 0 amide bonds. The third-order valence-electron chi connectivity index (χ3n) is 3.30. The van der Waals surface area contributed by atoms with Crippen molar-refractivity contribution in [3.63, 3.8) is 0 Å². The number of benzene rings is 2. The minimum absolute atomic E-state index is 0.201. The van der Waals surface area contributed by atoms with Gasteiger partial charge in [-0.3, -0.25) is 0 Å². The number of oxime groups is 1. The van der Waals surface area contributed by atoms with Crippen LogP contribution in [0.1, 0.15) is 27.7 Å². The van der Waals surface area contributed by atoms with Crippen molar-refractivity contribution in [3.8, 4) is 5.75 Å². The molecule has 2 aromatic carbocycles. The molecule has 6 heteroatoms. The van der Waals surface area contributed by atoms with Gasteiger partial charge >= 0.3 is 5.97 Å². The van der Waals surface area contributed by atoms with Crippen molar-refractivity contribution in [2.75, 3.05) is 7.11 Å². The fourth-order valence-corrected chi connectivity index (χ4v) is 2.17. The Labute approximate surface area is 127 Å². The predicted octanol–water partition coefficient (Wildman–Crippen LogP) is 2.37. The van der Waals surface area contributed by atoms with Crippen LogP contribution in [-0.2, 0) is 4.84 Å². The molecular formula is C16H14N2O4. The molecule has 0 saturated carbocycles. The fraction of sp³-hybridized carbons (Fsp3) is 0.125. The van der Waals surface area contributed by atoms with Gasteiger partial charge in [-0.15, -0.1) is 0 Å². The zero-order chi connectivity index (χ0) is 15.5. The first-order chi connectivity index (χ1) is 10.7. The Hall–Kier alpha value is -3.02. The third-order valence-corrected chi connectivity index (χ3v) is 3.30. The Morgan fingerprint density at radius 1 is 1.27 bits per heavy atom. The molecule has 0 fully saturated rings. The van der Waals surface area contributed by atoms with Crippen LogP contribution in [-0.4, -0.2) is 24.0 Å². The molecule has 1 unspecified atom stereocenters. The van der Waals surface area contributed by atoms with Crippen LogP contribution in [0.5, 0.6) is 5.75 Å². The maximum absolute atomic E-state index is 11.0. The number of hydrogen-bond acceptors (Lipinski definition) is 5. The summed E-state index contributed by atoms with van der Waals surface area (Å²) in [7, 11) is 1.60. The maximum atomic E-state index is 11.0. The van der Waals surface area contributed by atoms with E-state index in [0.29, 0.717) is 11.4 Å². The van der Waals surface area contributed by atoms with Crippen molar-refractivity contribution in [1.82, 2.24) is 5.32 Å². The Balaban J connectivity index is 1.79. The van der Waals surface area contributed by atoms with E-state index in [1.807, 2.05) is 24.3 Å². The molecule has 0 aromatic heterocycles. The highest BCUT2D eigenvalue weighted by molar-refractivity contribution is 6.01. The second kappa shape index (κ2) is 5.77. The first kappa shape index (κ1) is 13.9. The zero-order valence-electron chi connectivity index (χ0n) is 11.8. The van der Waals surface area contributed by atoms with Gasteiger partial charge in [0.1, 0.15) is 5.75 Å². The smallest absolute Gasteiger partial charge is 0.335 e.